The van der Waals surface area contributed by atoms with Gasteiger partial charge in [0.05, 0.1) is 0 Å². The monoisotopic (exact) mass is 458 g/mol. The standard InChI is InChI=1S/C20H21Cl3N2O2S/c1-13(20(27)24-2)25(12-14-3-4-16(22)11-18(14)23)19(26)9-10-28-17-7-5-15(21)6-8-17/h3-8,11,13H,9-10,12H2,1-2H3,(H,24,27). The Morgan fingerprint density at radius 1 is 1.07 bits per heavy atom. The fourth-order valence-electron chi connectivity index (χ4n) is 2.56. The molecule has 0 heterocycles. The maximum absolute atomic E-state index is 12.9. The number of carbonyl (C=O) groups excluding carboxylic acids is 2. The van der Waals surface area contributed by atoms with E-state index in [4.69, 9.17) is 34.8 Å². The number of thioether (sulfide) groups is 1. The first-order valence-corrected chi connectivity index (χ1v) is 10.8. The first-order chi connectivity index (χ1) is 13.3. The summed E-state index contributed by atoms with van der Waals surface area (Å²) in [5, 5.41) is 4.25. The van der Waals surface area contributed by atoms with Crippen molar-refractivity contribution in [2.45, 2.75) is 30.8 Å². The molecule has 0 spiro atoms. The predicted molar refractivity (Wildman–Crippen MR) is 117 cm³/mol. The normalized spacial score (nSPS) is 11.8. The molecule has 2 aromatic carbocycles. The zero-order chi connectivity index (χ0) is 20.7. The number of nitrogens with zero attached hydrogens (tertiary/aromatic N) is 1. The summed E-state index contributed by atoms with van der Waals surface area (Å²) < 4.78 is 0. The van der Waals surface area contributed by atoms with Gasteiger partial charge in [-0.3, -0.25) is 9.59 Å². The van der Waals surface area contributed by atoms with Crippen molar-refractivity contribution in [3.8, 4) is 0 Å². The molecule has 0 radical (unpaired) electrons. The van der Waals surface area contributed by atoms with Crippen molar-refractivity contribution < 1.29 is 9.59 Å². The average molecular weight is 460 g/mol. The van der Waals surface area contributed by atoms with E-state index in [1.165, 1.54) is 4.90 Å². The van der Waals surface area contributed by atoms with Crippen molar-refractivity contribution in [3.05, 3.63) is 63.1 Å². The Bertz CT molecular complexity index is 831. The summed E-state index contributed by atoms with van der Waals surface area (Å²) in [7, 11) is 1.55. The summed E-state index contributed by atoms with van der Waals surface area (Å²) in [5.74, 6) is 0.235. The molecule has 1 N–H and O–H groups in total. The highest BCUT2D eigenvalue weighted by molar-refractivity contribution is 7.99. The summed E-state index contributed by atoms with van der Waals surface area (Å²) >= 11 is 19.7. The number of hydrogen-bond donors (Lipinski definition) is 1. The van der Waals surface area contributed by atoms with Gasteiger partial charge in [-0.25, -0.2) is 0 Å². The van der Waals surface area contributed by atoms with Gasteiger partial charge in [0.15, 0.2) is 0 Å². The number of likely N-dealkylation sites (N-methyl/N-ethyl adjacent to an activating group) is 1. The van der Waals surface area contributed by atoms with Crippen molar-refractivity contribution in [3.63, 3.8) is 0 Å². The lowest BCUT2D eigenvalue weighted by Crippen LogP contribution is -2.46. The molecular formula is C20H21Cl3N2O2S. The Labute approximate surface area is 184 Å². The molecule has 0 saturated heterocycles. The highest BCUT2D eigenvalue weighted by Crippen LogP contribution is 2.25. The van der Waals surface area contributed by atoms with Crippen LogP contribution in [-0.4, -0.2) is 35.6 Å². The van der Waals surface area contributed by atoms with Crippen molar-refractivity contribution in [2.24, 2.45) is 0 Å². The van der Waals surface area contributed by atoms with Gasteiger partial charge in [0.25, 0.3) is 0 Å². The molecule has 0 aliphatic rings. The molecule has 0 aliphatic carbocycles. The number of hydrogen-bond acceptors (Lipinski definition) is 3. The van der Waals surface area contributed by atoms with Crippen LogP contribution in [-0.2, 0) is 16.1 Å². The van der Waals surface area contributed by atoms with Gasteiger partial charge >= 0.3 is 0 Å². The molecule has 4 nitrogen and oxygen atoms in total. The second kappa shape index (κ2) is 11.0. The lowest BCUT2D eigenvalue weighted by molar-refractivity contribution is -0.140. The molecule has 0 fully saturated rings. The van der Waals surface area contributed by atoms with Crippen LogP contribution in [0, 0.1) is 0 Å². The summed E-state index contributed by atoms with van der Waals surface area (Å²) in [5.41, 5.74) is 0.737. The molecule has 28 heavy (non-hydrogen) atoms. The molecule has 150 valence electrons. The van der Waals surface area contributed by atoms with Gasteiger partial charge in [0.1, 0.15) is 6.04 Å². The average Bonchev–Trinajstić information content (AvgIpc) is 2.67. The summed E-state index contributed by atoms with van der Waals surface area (Å²) in [6.07, 6.45) is 0.292. The van der Waals surface area contributed by atoms with Gasteiger partial charge in [0.2, 0.25) is 11.8 Å². The molecule has 2 rings (SSSR count). The minimum atomic E-state index is -0.621. The Kier molecular flexibility index (Phi) is 8.96. The highest BCUT2D eigenvalue weighted by Gasteiger charge is 2.25. The Balaban J connectivity index is 2.07. The third-order valence-corrected chi connectivity index (χ3v) is 6.02. The van der Waals surface area contributed by atoms with E-state index in [1.54, 1.807) is 43.9 Å². The van der Waals surface area contributed by atoms with Crippen LogP contribution in [0.5, 0.6) is 0 Å². The number of carbonyl (C=O) groups is 2. The molecule has 0 aliphatic heterocycles. The number of amides is 2. The summed E-state index contributed by atoms with van der Waals surface area (Å²) in [6, 6.07) is 11.9. The van der Waals surface area contributed by atoms with E-state index in [-0.39, 0.29) is 18.4 Å². The molecular weight excluding hydrogens is 439 g/mol. The number of nitrogens with one attached hydrogen (secondary N) is 1. The van der Waals surface area contributed by atoms with Crippen LogP contribution < -0.4 is 5.32 Å². The van der Waals surface area contributed by atoms with Gasteiger partial charge in [0, 0.05) is 45.7 Å². The lowest BCUT2D eigenvalue weighted by atomic mass is 10.1. The fourth-order valence-corrected chi connectivity index (χ4v) is 3.99. The molecule has 0 bridgehead atoms. The third-order valence-electron chi connectivity index (χ3n) is 4.17. The van der Waals surface area contributed by atoms with Crippen LogP contribution in [0.3, 0.4) is 0 Å². The number of rotatable bonds is 8. The van der Waals surface area contributed by atoms with Crippen LogP contribution >= 0.6 is 46.6 Å². The Hall–Kier alpha value is -1.40. The zero-order valence-corrected chi connectivity index (χ0v) is 18.6. The van der Waals surface area contributed by atoms with Crippen molar-refractivity contribution in [1.82, 2.24) is 10.2 Å². The molecule has 8 heteroatoms. The second-order valence-corrected chi connectivity index (χ2v) is 8.55. The zero-order valence-electron chi connectivity index (χ0n) is 15.5. The Morgan fingerprint density at radius 3 is 2.32 bits per heavy atom. The SMILES string of the molecule is CNC(=O)C(C)N(Cc1ccc(Cl)cc1Cl)C(=O)CCSc1ccc(Cl)cc1. The number of benzene rings is 2. The maximum Gasteiger partial charge on any atom is 0.242 e. The van der Waals surface area contributed by atoms with E-state index in [9.17, 15) is 9.59 Å². The van der Waals surface area contributed by atoms with E-state index in [1.807, 2.05) is 24.3 Å². The Morgan fingerprint density at radius 2 is 1.71 bits per heavy atom. The van der Waals surface area contributed by atoms with Crippen LogP contribution in [0.25, 0.3) is 0 Å². The third kappa shape index (κ3) is 6.59. The predicted octanol–water partition coefficient (Wildman–Crippen LogP) is 5.29. The van der Waals surface area contributed by atoms with Crippen LogP contribution in [0.4, 0.5) is 0 Å². The van der Waals surface area contributed by atoms with Crippen LogP contribution in [0.15, 0.2) is 47.4 Å². The first-order valence-electron chi connectivity index (χ1n) is 8.65. The van der Waals surface area contributed by atoms with Gasteiger partial charge in [-0.2, -0.15) is 0 Å². The molecule has 1 atom stereocenters. The summed E-state index contributed by atoms with van der Waals surface area (Å²) in [6.45, 7) is 1.93. The van der Waals surface area contributed by atoms with Gasteiger partial charge < -0.3 is 10.2 Å². The highest BCUT2D eigenvalue weighted by atomic mass is 35.5. The maximum atomic E-state index is 12.9. The molecule has 1 unspecified atom stereocenters. The van der Waals surface area contributed by atoms with E-state index in [2.05, 4.69) is 5.32 Å². The fraction of sp³-hybridized carbons (Fsp3) is 0.300. The molecule has 0 aromatic heterocycles. The molecule has 0 saturated carbocycles. The van der Waals surface area contributed by atoms with E-state index in [0.29, 0.717) is 27.2 Å². The number of halogens is 3. The largest absolute Gasteiger partial charge is 0.357 e. The lowest BCUT2D eigenvalue weighted by Gasteiger charge is -2.28. The topological polar surface area (TPSA) is 49.4 Å². The van der Waals surface area contributed by atoms with Gasteiger partial charge in [-0.1, -0.05) is 40.9 Å². The van der Waals surface area contributed by atoms with Crippen molar-refractivity contribution in [2.75, 3.05) is 12.8 Å². The smallest absolute Gasteiger partial charge is 0.242 e. The quantitative estimate of drug-likeness (QED) is 0.545. The second-order valence-electron chi connectivity index (χ2n) is 6.10. The van der Waals surface area contributed by atoms with E-state index >= 15 is 0 Å². The van der Waals surface area contributed by atoms with E-state index in [0.717, 1.165) is 10.5 Å². The minimum absolute atomic E-state index is 0.122. The minimum Gasteiger partial charge on any atom is -0.357 e. The van der Waals surface area contributed by atoms with E-state index < -0.39 is 6.04 Å². The van der Waals surface area contributed by atoms with Crippen LogP contribution in [0.1, 0.15) is 18.9 Å². The van der Waals surface area contributed by atoms with Crippen LogP contribution in [0.2, 0.25) is 15.1 Å². The first kappa shape index (κ1) is 22.9. The van der Waals surface area contributed by atoms with Crippen molar-refractivity contribution >= 4 is 58.4 Å². The van der Waals surface area contributed by atoms with Gasteiger partial charge in [-0.15, -0.1) is 11.8 Å². The molecule has 2 amide bonds. The van der Waals surface area contributed by atoms with Crippen molar-refractivity contribution in [1.29, 1.82) is 0 Å². The molecule has 2 aromatic rings. The summed E-state index contributed by atoms with van der Waals surface area (Å²) in [4.78, 5) is 27.6. The van der Waals surface area contributed by atoms with Gasteiger partial charge in [-0.05, 0) is 48.9 Å².